The Kier molecular flexibility index (Phi) is 5.96. The van der Waals surface area contributed by atoms with Crippen molar-refractivity contribution >= 4 is 0 Å². The highest BCUT2D eigenvalue weighted by Crippen LogP contribution is 2.29. The van der Waals surface area contributed by atoms with Gasteiger partial charge in [0, 0.05) is 25.2 Å². The minimum atomic E-state index is 0.748. The summed E-state index contributed by atoms with van der Waals surface area (Å²) < 4.78 is 0. The van der Waals surface area contributed by atoms with E-state index in [1.807, 2.05) is 0 Å². The second-order valence-corrected chi connectivity index (χ2v) is 7.51. The van der Waals surface area contributed by atoms with Gasteiger partial charge in [-0.05, 0) is 64.2 Å². The van der Waals surface area contributed by atoms with Crippen LogP contribution in [0.5, 0.6) is 0 Å². The summed E-state index contributed by atoms with van der Waals surface area (Å²) in [6, 6.07) is 1.61. The molecular weight excluding hydrogens is 258 g/mol. The second-order valence-electron chi connectivity index (χ2n) is 7.51. The van der Waals surface area contributed by atoms with Crippen molar-refractivity contribution in [2.45, 2.75) is 70.4 Å². The van der Waals surface area contributed by atoms with Crippen LogP contribution in [0.1, 0.15) is 58.3 Å². The zero-order valence-electron chi connectivity index (χ0n) is 14.0. The molecule has 2 saturated heterocycles. The van der Waals surface area contributed by atoms with Crippen LogP contribution in [0.2, 0.25) is 0 Å². The fourth-order valence-electron chi connectivity index (χ4n) is 4.84. The molecule has 3 nitrogen and oxygen atoms in total. The quantitative estimate of drug-likeness (QED) is 0.812. The van der Waals surface area contributed by atoms with E-state index in [2.05, 4.69) is 22.0 Å². The highest BCUT2D eigenvalue weighted by Gasteiger charge is 2.32. The number of nitrogens with one attached hydrogen (secondary N) is 1. The molecule has 0 bridgehead atoms. The van der Waals surface area contributed by atoms with Crippen molar-refractivity contribution in [3.63, 3.8) is 0 Å². The fourth-order valence-corrected chi connectivity index (χ4v) is 4.84. The third-order valence-corrected chi connectivity index (χ3v) is 6.04. The van der Waals surface area contributed by atoms with Gasteiger partial charge in [0.05, 0.1) is 0 Å². The summed E-state index contributed by atoms with van der Waals surface area (Å²) >= 11 is 0. The maximum Gasteiger partial charge on any atom is 0.0235 e. The molecule has 21 heavy (non-hydrogen) atoms. The number of piperidine rings is 1. The third-order valence-electron chi connectivity index (χ3n) is 6.04. The smallest absolute Gasteiger partial charge is 0.0235 e. The first-order chi connectivity index (χ1) is 10.4. The maximum atomic E-state index is 3.79. The molecule has 1 saturated carbocycles. The van der Waals surface area contributed by atoms with Crippen molar-refractivity contribution in [2.24, 2.45) is 5.92 Å². The lowest BCUT2D eigenvalue weighted by Gasteiger charge is -2.33. The van der Waals surface area contributed by atoms with Gasteiger partial charge in [-0.3, -0.25) is 4.90 Å². The Labute approximate surface area is 131 Å². The number of nitrogens with zero attached hydrogens (tertiary/aromatic N) is 2. The molecule has 122 valence electrons. The number of rotatable bonds is 6. The normalized spacial score (nSPS) is 31.0. The van der Waals surface area contributed by atoms with Gasteiger partial charge in [-0.1, -0.05) is 26.2 Å². The SMILES string of the molecule is CCNC(CN1CCC(N2CCCCC2)C1)C1CCCC1. The van der Waals surface area contributed by atoms with Crippen LogP contribution in [0.25, 0.3) is 0 Å². The highest BCUT2D eigenvalue weighted by atomic mass is 15.3. The third kappa shape index (κ3) is 4.20. The van der Waals surface area contributed by atoms with E-state index in [-0.39, 0.29) is 0 Å². The standard InChI is InChI=1S/C18H35N3/c1-2-19-18(16-8-4-5-9-16)15-20-13-10-17(14-20)21-11-6-3-7-12-21/h16-19H,2-15H2,1H3. The fraction of sp³-hybridized carbons (Fsp3) is 1.00. The van der Waals surface area contributed by atoms with Crippen LogP contribution < -0.4 is 5.32 Å². The van der Waals surface area contributed by atoms with Gasteiger partial charge in [0.25, 0.3) is 0 Å². The van der Waals surface area contributed by atoms with Crippen LogP contribution in [0, 0.1) is 5.92 Å². The van der Waals surface area contributed by atoms with Crippen LogP contribution >= 0.6 is 0 Å². The molecule has 3 fully saturated rings. The topological polar surface area (TPSA) is 18.5 Å². The van der Waals surface area contributed by atoms with Gasteiger partial charge < -0.3 is 10.2 Å². The number of hydrogen-bond donors (Lipinski definition) is 1. The predicted octanol–water partition coefficient (Wildman–Crippen LogP) is 2.71. The molecule has 0 radical (unpaired) electrons. The first-order valence-electron chi connectivity index (χ1n) is 9.56. The Morgan fingerprint density at radius 3 is 2.43 bits per heavy atom. The van der Waals surface area contributed by atoms with Gasteiger partial charge in [-0.25, -0.2) is 0 Å². The lowest BCUT2D eigenvalue weighted by atomic mass is 9.97. The van der Waals surface area contributed by atoms with Gasteiger partial charge in [-0.15, -0.1) is 0 Å². The molecule has 1 N–H and O–H groups in total. The second kappa shape index (κ2) is 7.94. The van der Waals surface area contributed by atoms with E-state index < -0.39 is 0 Å². The Balaban J connectivity index is 1.47. The molecule has 3 heteroatoms. The first kappa shape index (κ1) is 15.8. The van der Waals surface area contributed by atoms with Crippen molar-refractivity contribution in [1.82, 2.24) is 15.1 Å². The minimum Gasteiger partial charge on any atom is -0.313 e. The average Bonchev–Trinajstić information content (AvgIpc) is 3.19. The van der Waals surface area contributed by atoms with Gasteiger partial charge in [0.2, 0.25) is 0 Å². The van der Waals surface area contributed by atoms with Crippen LogP contribution in [-0.2, 0) is 0 Å². The number of hydrogen-bond acceptors (Lipinski definition) is 3. The summed E-state index contributed by atoms with van der Waals surface area (Å²) in [5.41, 5.74) is 0. The van der Waals surface area contributed by atoms with Crippen molar-refractivity contribution < 1.29 is 0 Å². The predicted molar refractivity (Wildman–Crippen MR) is 89.7 cm³/mol. The summed E-state index contributed by atoms with van der Waals surface area (Å²) in [4.78, 5) is 5.53. The van der Waals surface area contributed by atoms with Crippen molar-refractivity contribution in [1.29, 1.82) is 0 Å². The summed E-state index contributed by atoms with van der Waals surface area (Å²) in [5.74, 6) is 0.944. The van der Waals surface area contributed by atoms with Gasteiger partial charge in [-0.2, -0.15) is 0 Å². The Morgan fingerprint density at radius 2 is 1.71 bits per heavy atom. The van der Waals surface area contributed by atoms with Crippen LogP contribution in [0.15, 0.2) is 0 Å². The maximum absolute atomic E-state index is 3.79. The average molecular weight is 293 g/mol. The molecular formula is C18H35N3. The molecule has 2 atom stereocenters. The first-order valence-corrected chi connectivity index (χ1v) is 9.56. The summed E-state index contributed by atoms with van der Waals surface area (Å²) in [7, 11) is 0. The van der Waals surface area contributed by atoms with E-state index in [1.165, 1.54) is 84.1 Å². The van der Waals surface area contributed by atoms with Gasteiger partial charge in [0.15, 0.2) is 0 Å². The van der Waals surface area contributed by atoms with Crippen LogP contribution in [0.4, 0.5) is 0 Å². The minimum absolute atomic E-state index is 0.748. The Morgan fingerprint density at radius 1 is 0.952 bits per heavy atom. The van der Waals surface area contributed by atoms with Gasteiger partial charge in [0.1, 0.15) is 0 Å². The van der Waals surface area contributed by atoms with E-state index in [0.29, 0.717) is 0 Å². The van der Waals surface area contributed by atoms with Gasteiger partial charge >= 0.3 is 0 Å². The molecule has 3 aliphatic rings. The molecule has 3 rings (SSSR count). The lowest BCUT2D eigenvalue weighted by molar-refractivity contribution is 0.157. The van der Waals surface area contributed by atoms with E-state index in [4.69, 9.17) is 0 Å². The summed E-state index contributed by atoms with van der Waals surface area (Å²) in [6.07, 6.45) is 11.6. The highest BCUT2D eigenvalue weighted by molar-refractivity contribution is 4.89. The van der Waals surface area contributed by atoms with Crippen molar-refractivity contribution in [3.8, 4) is 0 Å². The number of likely N-dealkylation sites (N-methyl/N-ethyl adjacent to an activating group) is 1. The molecule has 2 aliphatic heterocycles. The van der Waals surface area contributed by atoms with Crippen LogP contribution in [0.3, 0.4) is 0 Å². The Bertz CT molecular complexity index is 295. The van der Waals surface area contributed by atoms with Crippen LogP contribution in [-0.4, -0.2) is 61.2 Å². The lowest BCUT2D eigenvalue weighted by Crippen LogP contribution is -2.46. The van der Waals surface area contributed by atoms with E-state index >= 15 is 0 Å². The monoisotopic (exact) mass is 293 g/mol. The molecule has 0 amide bonds. The zero-order chi connectivity index (χ0) is 14.5. The number of likely N-dealkylation sites (tertiary alicyclic amines) is 2. The molecule has 2 unspecified atom stereocenters. The molecule has 0 aromatic heterocycles. The zero-order valence-corrected chi connectivity index (χ0v) is 14.0. The summed E-state index contributed by atoms with van der Waals surface area (Å²) in [6.45, 7) is 10.1. The summed E-state index contributed by atoms with van der Waals surface area (Å²) in [5, 5.41) is 3.79. The van der Waals surface area contributed by atoms with E-state index in [0.717, 1.165) is 24.5 Å². The van der Waals surface area contributed by atoms with Crippen molar-refractivity contribution in [3.05, 3.63) is 0 Å². The van der Waals surface area contributed by atoms with E-state index in [1.54, 1.807) is 0 Å². The van der Waals surface area contributed by atoms with E-state index in [9.17, 15) is 0 Å². The Hall–Kier alpha value is -0.120. The molecule has 0 aromatic rings. The molecule has 2 heterocycles. The largest absolute Gasteiger partial charge is 0.313 e. The van der Waals surface area contributed by atoms with Crippen molar-refractivity contribution in [2.75, 3.05) is 39.3 Å². The molecule has 0 aromatic carbocycles. The molecule has 1 aliphatic carbocycles. The molecule has 0 spiro atoms.